The quantitative estimate of drug-likeness (QED) is 0.938. The Hall–Kier alpha value is -1.27. The third kappa shape index (κ3) is 2.59. The van der Waals surface area contributed by atoms with E-state index in [2.05, 4.69) is 31.2 Å². The maximum Gasteiger partial charge on any atom is 0.0861 e. The fraction of sp³-hybridized carbons (Fsp3) is 0.417. The summed E-state index contributed by atoms with van der Waals surface area (Å²) in [6, 6.07) is 1.77. The summed E-state index contributed by atoms with van der Waals surface area (Å²) in [6.07, 6.45) is 3.06. The van der Waals surface area contributed by atoms with Crippen LogP contribution in [0.25, 0.3) is 0 Å². The second-order valence-corrected chi connectivity index (χ2v) is 4.85. The smallest absolute Gasteiger partial charge is 0.0861 e. The third-order valence-electron chi connectivity index (χ3n) is 2.83. The lowest BCUT2D eigenvalue weighted by Gasteiger charge is -2.11. The molecule has 96 valence electrons. The molecule has 0 aromatic carbocycles. The molecule has 1 N–H and O–H groups in total. The van der Waals surface area contributed by atoms with Crippen LogP contribution in [0.3, 0.4) is 0 Å². The van der Waals surface area contributed by atoms with E-state index < -0.39 is 6.10 Å². The van der Waals surface area contributed by atoms with Crippen LogP contribution in [0.2, 0.25) is 0 Å². The van der Waals surface area contributed by atoms with Gasteiger partial charge in [-0.15, -0.1) is 0 Å². The third-order valence-corrected chi connectivity index (χ3v) is 3.86. The number of aromatic nitrogens is 4. The normalized spacial score (nSPS) is 12.7. The second kappa shape index (κ2) is 5.58. The molecule has 1 unspecified atom stereocenters. The minimum Gasteiger partial charge on any atom is -0.388 e. The van der Waals surface area contributed by atoms with Gasteiger partial charge in [-0.05, 0) is 35.8 Å². The van der Waals surface area contributed by atoms with E-state index in [0.717, 1.165) is 28.0 Å². The first-order chi connectivity index (χ1) is 8.63. The molecule has 0 fully saturated rings. The van der Waals surface area contributed by atoms with Crippen LogP contribution in [0.5, 0.6) is 0 Å². The molecule has 0 spiro atoms. The van der Waals surface area contributed by atoms with Gasteiger partial charge < -0.3 is 5.11 Å². The van der Waals surface area contributed by atoms with Crippen molar-refractivity contribution in [3.8, 4) is 0 Å². The highest BCUT2D eigenvalue weighted by atomic mass is 79.9. The fourth-order valence-electron chi connectivity index (χ4n) is 1.86. The van der Waals surface area contributed by atoms with Gasteiger partial charge in [0, 0.05) is 24.7 Å². The van der Waals surface area contributed by atoms with Crippen LogP contribution in [0.4, 0.5) is 0 Å². The van der Waals surface area contributed by atoms with Crippen LogP contribution in [0.15, 0.2) is 22.9 Å². The molecule has 0 bridgehead atoms. The van der Waals surface area contributed by atoms with Crippen LogP contribution in [0, 0.1) is 6.92 Å². The number of aliphatic hydroxyl groups excluding tert-OH is 1. The van der Waals surface area contributed by atoms with Crippen molar-refractivity contribution in [3.05, 3.63) is 39.9 Å². The molecule has 5 nitrogen and oxygen atoms in total. The Balaban J connectivity index is 2.24. The number of hydrogen-bond acceptors (Lipinski definition) is 4. The van der Waals surface area contributed by atoms with E-state index in [1.54, 1.807) is 18.5 Å². The predicted molar refractivity (Wildman–Crippen MR) is 71.0 cm³/mol. The van der Waals surface area contributed by atoms with Crippen molar-refractivity contribution in [2.75, 3.05) is 0 Å². The molecule has 6 heteroatoms. The first-order valence-electron chi connectivity index (χ1n) is 5.80. The van der Waals surface area contributed by atoms with Gasteiger partial charge in [0.15, 0.2) is 0 Å². The standard InChI is InChI=1S/C12H15BrN4O/c1-3-17-10(12(13)8(2)16-17)6-11(18)9-4-5-14-15-7-9/h4-5,7,11,18H,3,6H2,1-2H3. The molecule has 0 saturated carbocycles. The SMILES string of the molecule is CCn1nc(C)c(Br)c1CC(O)c1ccnnc1. The minimum absolute atomic E-state index is 0.501. The maximum absolute atomic E-state index is 10.2. The van der Waals surface area contributed by atoms with Crippen LogP contribution in [0.1, 0.15) is 30.0 Å². The number of rotatable bonds is 4. The van der Waals surface area contributed by atoms with E-state index in [1.807, 2.05) is 18.5 Å². The molecular weight excluding hydrogens is 296 g/mol. The lowest BCUT2D eigenvalue weighted by molar-refractivity contribution is 0.174. The van der Waals surface area contributed by atoms with E-state index in [0.29, 0.717) is 6.42 Å². The first-order valence-corrected chi connectivity index (χ1v) is 6.59. The molecule has 2 aromatic heterocycles. The Bertz CT molecular complexity index is 526. The number of aliphatic hydroxyl groups is 1. The second-order valence-electron chi connectivity index (χ2n) is 4.06. The Morgan fingerprint density at radius 1 is 1.44 bits per heavy atom. The molecule has 0 aliphatic carbocycles. The molecule has 2 aromatic rings. The first kappa shape index (κ1) is 13.2. The Kier molecular flexibility index (Phi) is 4.08. The molecule has 0 aliphatic rings. The Labute approximate surface area is 114 Å². The molecule has 2 heterocycles. The van der Waals surface area contributed by atoms with Crippen LogP contribution < -0.4 is 0 Å². The van der Waals surface area contributed by atoms with Crippen molar-refractivity contribution >= 4 is 15.9 Å². The number of aryl methyl sites for hydroxylation is 2. The van der Waals surface area contributed by atoms with Gasteiger partial charge in [0.1, 0.15) is 0 Å². The number of halogens is 1. The Morgan fingerprint density at radius 2 is 2.22 bits per heavy atom. The number of hydrogen-bond donors (Lipinski definition) is 1. The van der Waals surface area contributed by atoms with Crippen LogP contribution in [-0.4, -0.2) is 25.1 Å². The van der Waals surface area contributed by atoms with Gasteiger partial charge >= 0.3 is 0 Å². The molecule has 1 atom stereocenters. The van der Waals surface area contributed by atoms with Gasteiger partial charge in [-0.3, -0.25) is 4.68 Å². The van der Waals surface area contributed by atoms with Gasteiger partial charge in [0.05, 0.1) is 28.2 Å². The monoisotopic (exact) mass is 310 g/mol. The highest BCUT2D eigenvalue weighted by molar-refractivity contribution is 9.10. The summed E-state index contributed by atoms with van der Waals surface area (Å²) in [4.78, 5) is 0. The summed E-state index contributed by atoms with van der Waals surface area (Å²) in [5.41, 5.74) is 2.70. The summed E-state index contributed by atoms with van der Waals surface area (Å²) in [6.45, 7) is 4.76. The summed E-state index contributed by atoms with van der Waals surface area (Å²) in [7, 11) is 0. The van der Waals surface area contributed by atoms with Crippen molar-refractivity contribution in [3.63, 3.8) is 0 Å². The lowest BCUT2D eigenvalue weighted by atomic mass is 10.1. The van der Waals surface area contributed by atoms with Crippen LogP contribution >= 0.6 is 15.9 Å². The zero-order chi connectivity index (χ0) is 13.1. The highest BCUT2D eigenvalue weighted by Gasteiger charge is 2.17. The zero-order valence-electron chi connectivity index (χ0n) is 10.3. The van der Waals surface area contributed by atoms with Crippen molar-refractivity contribution in [1.82, 2.24) is 20.0 Å². The highest BCUT2D eigenvalue weighted by Crippen LogP contribution is 2.26. The van der Waals surface area contributed by atoms with E-state index >= 15 is 0 Å². The lowest BCUT2D eigenvalue weighted by Crippen LogP contribution is -2.09. The summed E-state index contributed by atoms with van der Waals surface area (Å²) < 4.78 is 2.86. The van der Waals surface area contributed by atoms with Gasteiger partial charge in [-0.1, -0.05) is 0 Å². The van der Waals surface area contributed by atoms with Gasteiger partial charge in [-0.25, -0.2) is 0 Å². The largest absolute Gasteiger partial charge is 0.388 e. The van der Waals surface area contributed by atoms with Crippen molar-refractivity contribution in [2.45, 2.75) is 32.9 Å². The Morgan fingerprint density at radius 3 is 2.83 bits per heavy atom. The van der Waals surface area contributed by atoms with Crippen molar-refractivity contribution in [2.24, 2.45) is 0 Å². The molecule has 18 heavy (non-hydrogen) atoms. The molecule has 0 amide bonds. The van der Waals surface area contributed by atoms with E-state index in [9.17, 15) is 5.11 Å². The summed E-state index contributed by atoms with van der Waals surface area (Å²) in [5, 5.41) is 22.1. The molecule has 0 radical (unpaired) electrons. The number of nitrogens with zero attached hydrogens (tertiary/aromatic N) is 4. The zero-order valence-corrected chi connectivity index (χ0v) is 11.9. The van der Waals surface area contributed by atoms with E-state index in [4.69, 9.17) is 0 Å². The van der Waals surface area contributed by atoms with Crippen LogP contribution in [-0.2, 0) is 13.0 Å². The van der Waals surface area contributed by atoms with Gasteiger partial charge in [-0.2, -0.15) is 15.3 Å². The molecule has 0 saturated heterocycles. The molecule has 2 rings (SSSR count). The molecular formula is C12H15BrN4O. The fourth-order valence-corrected chi connectivity index (χ4v) is 2.31. The summed E-state index contributed by atoms with van der Waals surface area (Å²) >= 11 is 3.52. The van der Waals surface area contributed by atoms with E-state index in [1.165, 1.54) is 0 Å². The van der Waals surface area contributed by atoms with E-state index in [-0.39, 0.29) is 0 Å². The predicted octanol–water partition coefficient (Wildman–Crippen LogP) is 2.04. The topological polar surface area (TPSA) is 63.8 Å². The minimum atomic E-state index is -0.599. The van der Waals surface area contributed by atoms with Gasteiger partial charge in [0.2, 0.25) is 0 Å². The molecule has 0 aliphatic heterocycles. The average Bonchev–Trinajstić information content (AvgIpc) is 2.67. The maximum atomic E-state index is 10.2. The summed E-state index contributed by atoms with van der Waals surface area (Å²) in [5.74, 6) is 0. The average molecular weight is 311 g/mol. The van der Waals surface area contributed by atoms with Crippen molar-refractivity contribution in [1.29, 1.82) is 0 Å². The van der Waals surface area contributed by atoms with Crippen molar-refractivity contribution < 1.29 is 5.11 Å². The van der Waals surface area contributed by atoms with Gasteiger partial charge in [0.25, 0.3) is 0 Å².